The fourth-order valence-corrected chi connectivity index (χ4v) is 3.17. The van der Waals surface area contributed by atoms with Crippen LogP contribution in [0.25, 0.3) is 11.3 Å². The summed E-state index contributed by atoms with van der Waals surface area (Å²) in [4.78, 5) is 12.5. The molecule has 3 rings (SSSR count). The zero-order chi connectivity index (χ0) is 18.5. The van der Waals surface area contributed by atoms with Crippen molar-refractivity contribution in [2.75, 3.05) is 7.11 Å². The monoisotopic (exact) mass is 414 g/mol. The van der Waals surface area contributed by atoms with E-state index in [1.807, 2.05) is 55.5 Å². The van der Waals surface area contributed by atoms with Gasteiger partial charge in [0, 0.05) is 15.6 Å². The Balaban J connectivity index is 1.76. The van der Waals surface area contributed by atoms with Gasteiger partial charge in [-0.1, -0.05) is 41.1 Å². The molecule has 0 aliphatic rings. The summed E-state index contributed by atoms with van der Waals surface area (Å²) >= 11 is 3.51. The summed E-state index contributed by atoms with van der Waals surface area (Å²) in [5.41, 5.74) is 2.83. The molecule has 6 heteroatoms. The number of nitrogens with one attached hydrogen (secondary N) is 1. The standard InChI is InChI=1S/C20H19BrN2O3/c1-3-19(15-6-4-5-7-16(15)21)26-20(24)18-12-17(22-23-18)13-8-10-14(25-2)11-9-13/h4-12,19H,3H2,1-2H3,(H,22,23). The summed E-state index contributed by atoms with van der Waals surface area (Å²) in [5, 5.41) is 6.97. The molecule has 1 aromatic heterocycles. The Morgan fingerprint density at radius 1 is 1.19 bits per heavy atom. The summed E-state index contributed by atoms with van der Waals surface area (Å²) in [5.74, 6) is 0.336. The number of aromatic amines is 1. The Bertz CT molecular complexity index is 890. The number of hydrogen-bond donors (Lipinski definition) is 1. The van der Waals surface area contributed by atoms with E-state index in [4.69, 9.17) is 9.47 Å². The number of esters is 1. The van der Waals surface area contributed by atoms with Crippen LogP contribution in [0.15, 0.2) is 59.1 Å². The number of halogens is 1. The number of ether oxygens (including phenoxy) is 2. The molecule has 2 aromatic carbocycles. The second-order valence-corrected chi connectivity index (χ2v) is 6.57. The Kier molecular flexibility index (Phi) is 5.73. The number of benzene rings is 2. The van der Waals surface area contributed by atoms with Crippen LogP contribution < -0.4 is 4.74 Å². The number of rotatable bonds is 6. The van der Waals surface area contributed by atoms with Crippen LogP contribution in [0.1, 0.15) is 35.5 Å². The number of nitrogens with zero attached hydrogens (tertiary/aromatic N) is 1. The highest BCUT2D eigenvalue weighted by Crippen LogP contribution is 2.29. The van der Waals surface area contributed by atoms with Crippen molar-refractivity contribution in [1.29, 1.82) is 0 Å². The molecule has 0 aliphatic heterocycles. The molecule has 0 fully saturated rings. The second-order valence-electron chi connectivity index (χ2n) is 5.72. The molecule has 0 amide bonds. The highest BCUT2D eigenvalue weighted by atomic mass is 79.9. The minimum absolute atomic E-state index is 0.321. The van der Waals surface area contributed by atoms with Gasteiger partial charge in [0.1, 0.15) is 17.5 Å². The van der Waals surface area contributed by atoms with Gasteiger partial charge in [0.15, 0.2) is 0 Å². The first-order valence-corrected chi connectivity index (χ1v) is 9.07. The van der Waals surface area contributed by atoms with E-state index in [9.17, 15) is 4.79 Å². The summed E-state index contributed by atoms with van der Waals surface area (Å²) in [6.45, 7) is 1.98. The van der Waals surface area contributed by atoms with Crippen LogP contribution in [0.4, 0.5) is 0 Å². The van der Waals surface area contributed by atoms with Gasteiger partial charge < -0.3 is 9.47 Å². The molecule has 3 aromatic rings. The van der Waals surface area contributed by atoms with Crippen LogP contribution in [0.5, 0.6) is 5.75 Å². The lowest BCUT2D eigenvalue weighted by Gasteiger charge is -2.17. The SMILES string of the molecule is CCC(OC(=O)c1cc(-c2ccc(OC)cc2)n[nH]1)c1ccccc1Br. The van der Waals surface area contributed by atoms with Gasteiger partial charge in [0.05, 0.1) is 12.8 Å². The van der Waals surface area contributed by atoms with Crippen LogP contribution in [0.3, 0.4) is 0 Å². The molecule has 0 bridgehead atoms. The van der Waals surface area contributed by atoms with E-state index in [0.717, 1.165) is 21.3 Å². The van der Waals surface area contributed by atoms with Gasteiger partial charge in [-0.3, -0.25) is 5.10 Å². The van der Waals surface area contributed by atoms with E-state index in [0.29, 0.717) is 17.8 Å². The molecule has 0 radical (unpaired) electrons. The van der Waals surface area contributed by atoms with E-state index in [1.165, 1.54) is 0 Å². The smallest absolute Gasteiger partial charge is 0.356 e. The Morgan fingerprint density at radius 2 is 1.92 bits per heavy atom. The van der Waals surface area contributed by atoms with Gasteiger partial charge in [-0.05, 0) is 42.8 Å². The summed E-state index contributed by atoms with van der Waals surface area (Å²) < 4.78 is 11.7. The Labute approximate surface area is 160 Å². The number of methoxy groups -OCH3 is 1. The molecule has 1 atom stereocenters. The third kappa shape index (κ3) is 3.96. The van der Waals surface area contributed by atoms with Crippen molar-refractivity contribution >= 4 is 21.9 Å². The van der Waals surface area contributed by atoms with Crippen LogP contribution in [0.2, 0.25) is 0 Å². The van der Waals surface area contributed by atoms with Crippen LogP contribution in [-0.4, -0.2) is 23.3 Å². The van der Waals surface area contributed by atoms with Gasteiger partial charge in [-0.2, -0.15) is 5.10 Å². The normalized spacial score (nSPS) is 11.8. The number of aromatic nitrogens is 2. The predicted molar refractivity (Wildman–Crippen MR) is 103 cm³/mol. The average Bonchev–Trinajstić information content (AvgIpc) is 3.17. The van der Waals surface area contributed by atoms with Crippen molar-refractivity contribution in [3.8, 4) is 17.0 Å². The first-order valence-electron chi connectivity index (χ1n) is 8.27. The molecule has 0 saturated heterocycles. The number of hydrogen-bond acceptors (Lipinski definition) is 4. The lowest BCUT2D eigenvalue weighted by atomic mass is 10.1. The van der Waals surface area contributed by atoms with E-state index in [-0.39, 0.29) is 6.10 Å². The van der Waals surface area contributed by atoms with Crippen molar-refractivity contribution < 1.29 is 14.3 Å². The average molecular weight is 415 g/mol. The lowest BCUT2D eigenvalue weighted by Crippen LogP contribution is -2.12. The molecule has 1 N–H and O–H groups in total. The van der Waals surface area contributed by atoms with E-state index in [1.54, 1.807) is 13.2 Å². The van der Waals surface area contributed by atoms with Crippen molar-refractivity contribution in [1.82, 2.24) is 10.2 Å². The fraction of sp³-hybridized carbons (Fsp3) is 0.200. The number of carbonyl (C=O) groups is 1. The predicted octanol–water partition coefficient (Wildman–Crippen LogP) is 5.16. The number of H-pyrrole nitrogens is 1. The first kappa shape index (κ1) is 18.2. The fourth-order valence-electron chi connectivity index (χ4n) is 2.63. The zero-order valence-electron chi connectivity index (χ0n) is 14.5. The molecule has 1 heterocycles. The lowest BCUT2D eigenvalue weighted by molar-refractivity contribution is 0.0279. The Hall–Kier alpha value is -2.60. The van der Waals surface area contributed by atoms with E-state index >= 15 is 0 Å². The van der Waals surface area contributed by atoms with Gasteiger partial charge in [0.25, 0.3) is 0 Å². The highest BCUT2D eigenvalue weighted by Gasteiger charge is 2.20. The highest BCUT2D eigenvalue weighted by molar-refractivity contribution is 9.10. The topological polar surface area (TPSA) is 64.2 Å². The number of carbonyl (C=O) groups excluding carboxylic acids is 1. The molecule has 0 saturated carbocycles. The van der Waals surface area contributed by atoms with Crippen molar-refractivity contribution in [3.63, 3.8) is 0 Å². The first-order chi connectivity index (χ1) is 12.6. The minimum atomic E-state index is -0.431. The van der Waals surface area contributed by atoms with Gasteiger partial charge >= 0.3 is 5.97 Å². The maximum atomic E-state index is 12.5. The second kappa shape index (κ2) is 8.19. The molecule has 0 aliphatic carbocycles. The van der Waals surface area contributed by atoms with Gasteiger partial charge in [-0.25, -0.2) is 4.79 Å². The van der Waals surface area contributed by atoms with Crippen molar-refractivity contribution in [2.45, 2.75) is 19.4 Å². The summed E-state index contributed by atoms with van der Waals surface area (Å²) in [7, 11) is 1.62. The molecule has 0 spiro atoms. The molecule has 134 valence electrons. The van der Waals surface area contributed by atoms with Crippen molar-refractivity contribution in [3.05, 3.63) is 70.3 Å². The third-order valence-electron chi connectivity index (χ3n) is 4.06. The largest absolute Gasteiger partial charge is 0.497 e. The molecular weight excluding hydrogens is 396 g/mol. The zero-order valence-corrected chi connectivity index (χ0v) is 16.1. The third-order valence-corrected chi connectivity index (χ3v) is 4.78. The molecule has 26 heavy (non-hydrogen) atoms. The van der Waals surface area contributed by atoms with E-state index in [2.05, 4.69) is 26.1 Å². The summed E-state index contributed by atoms with van der Waals surface area (Å²) in [6, 6.07) is 16.9. The van der Waals surface area contributed by atoms with Crippen molar-refractivity contribution in [2.24, 2.45) is 0 Å². The van der Waals surface area contributed by atoms with Crippen LogP contribution in [0, 0.1) is 0 Å². The molecule has 5 nitrogen and oxygen atoms in total. The summed E-state index contributed by atoms with van der Waals surface area (Å²) in [6.07, 6.45) is 0.346. The minimum Gasteiger partial charge on any atom is -0.497 e. The molecule has 1 unspecified atom stereocenters. The quantitative estimate of drug-likeness (QED) is 0.566. The molecular formula is C20H19BrN2O3. The van der Waals surface area contributed by atoms with Crippen LogP contribution >= 0.6 is 15.9 Å². The maximum Gasteiger partial charge on any atom is 0.356 e. The maximum absolute atomic E-state index is 12.5. The van der Waals surface area contributed by atoms with Gasteiger partial charge in [-0.15, -0.1) is 0 Å². The Morgan fingerprint density at radius 3 is 2.58 bits per heavy atom. The van der Waals surface area contributed by atoms with Crippen LogP contribution in [-0.2, 0) is 4.74 Å². The van der Waals surface area contributed by atoms with E-state index < -0.39 is 5.97 Å². The van der Waals surface area contributed by atoms with Gasteiger partial charge in [0.2, 0.25) is 0 Å².